The second kappa shape index (κ2) is 10.6. The van der Waals surface area contributed by atoms with Crippen molar-refractivity contribution in [1.82, 2.24) is 14.5 Å². The van der Waals surface area contributed by atoms with Crippen LogP contribution in [0.4, 0.5) is 0 Å². The Morgan fingerprint density at radius 1 is 1.00 bits per heavy atom. The number of nitrogens with zero attached hydrogens (tertiary/aromatic N) is 4. The predicted octanol–water partition coefficient (Wildman–Crippen LogP) is 8.25. The van der Waals surface area contributed by atoms with Crippen molar-refractivity contribution in [1.29, 1.82) is 5.26 Å². The predicted molar refractivity (Wildman–Crippen MR) is 181 cm³/mol. The van der Waals surface area contributed by atoms with Gasteiger partial charge in [-0.2, -0.15) is 5.26 Å². The topological polar surface area (TPSA) is 97.9 Å². The van der Waals surface area contributed by atoms with E-state index in [9.17, 15) is 14.9 Å². The van der Waals surface area contributed by atoms with Crippen molar-refractivity contribution in [2.24, 2.45) is 50.2 Å². The fourth-order valence-electron chi connectivity index (χ4n) is 11.5. The molecule has 0 amide bonds. The molecular weight excluding hydrogens is 584 g/mol. The number of hydrogen-bond acceptors (Lipinski definition) is 6. The summed E-state index contributed by atoms with van der Waals surface area (Å²) in [5, 5.41) is 10.1. The first-order valence-corrected chi connectivity index (χ1v) is 17.6. The van der Waals surface area contributed by atoms with E-state index in [0.717, 1.165) is 50.6 Å². The fourth-order valence-corrected chi connectivity index (χ4v) is 11.5. The molecule has 7 unspecified atom stereocenters. The highest BCUT2D eigenvalue weighted by Crippen LogP contribution is 2.74. The highest BCUT2D eigenvalue weighted by molar-refractivity contribution is 5.97. The number of imidazole rings is 1. The van der Waals surface area contributed by atoms with Crippen molar-refractivity contribution in [3.05, 3.63) is 60.2 Å². The standard InChI is InChI=1S/C40H50N4O3/c1-35(2)13-15-40(34(46)44-22-29(43-25-44)28-10-8-9-17-42-28)16-14-39(7)33(27(40)20-35)30(45)18-32-37(5)19-26(21-41)23-47-24-36(3,4)31(37)11-12-38(32,39)6/h8-10,17-19,22,25,27,31,33H,11-16,20,23-24H2,1-7H3/b26-19-. The Hall–Kier alpha value is -3.37. The lowest BCUT2D eigenvalue weighted by Gasteiger charge is -2.68. The number of aromatic nitrogens is 3. The van der Waals surface area contributed by atoms with Gasteiger partial charge in [-0.15, -0.1) is 0 Å². The lowest BCUT2D eigenvalue weighted by atomic mass is 9.34. The third-order valence-electron chi connectivity index (χ3n) is 14.1. The number of ether oxygens (including phenoxy) is 1. The number of carbonyl (C=O) groups is 2. The molecule has 3 heterocycles. The molecule has 2 aromatic rings. The molecule has 0 N–H and O–H groups in total. The molecular formula is C40H50N4O3. The molecule has 0 bridgehead atoms. The Morgan fingerprint density at radius 3 is 2.49 bits per heavy atom. The van der Waals surface area contributed by atoms with Gasteiger partial charge >= 0.3 is 0 Å². The van der Waals surface area contributed by atoms with Gasteiger partial charge in [0.25, 0.3) is 0 Å². The first-order chi connectivity index (χ1) is 22.1. The van der Waals surface area contributed by atoms with E-state index < -0.39 is 10.8 Å². The monoisotopic (exact) mass is 634 g/mol. The Labute approximate surface area is 279 Å². The molecule has 0 spiro atoms. The highest BCUT2D eigenvalue weighted by atomic mass is 16.5. The summed E-state index contributed by atoms with van der Waals surface area (Å²) < 4.78 is 7.72. The Bertz CT molecular complexity index is 1730. The quantitative estimate of drug-likeness (QED) is 0.330. The number of nitriles is 1. The Kier molecular flexibility index (Phi) is 7.23. The maximum Gasteiger partial charge on any atom is 0.238 e. The molecule has 3 saturated carbocycles. The van der Waals surface area contributed by atoms with Crippen molar-refractivity contribution < 1.29 is 14.3 Å². The van der Waals surface area contributed by atoms with Crippen molar-refractivity contribution >= 4 is 11.7 Å². The van der Waals surface area contributed by atoms with Crippen LogP contribution in [0.1, 0.15) is 98.2 Å². The summed E-state index contributed by atoms with van der Waals surface area (Å²) in [6.45, 7) is 17.1. The molecule has 7 heteroatoms. The summed E-state index contributed by atoms with van der Waals surface area (Å²) in [6.07, 6.45) is 15.5. The van der Waals surface area contributed by atoms with Gasteiger partial charge in [-0.1, -0.05) is 66.2 Å². The van der Waals surface area contributed by atoms with Gasteiger partial charge in [0.1, 0.15) is 12.0 Å². The van der Waals surface area contributed by atoms with Crippen LogP contribution in [0.3, 0.4) is 0 Å². The zero-order valence-electron chi connectivity index (χ0n) is 29.2. The van der Waals surface area contributed by atoms with E-state index in [-0.39, 0.29) is 51.1 Å². The largest absolute Gasteiger partial charge is 0.375 e. The molecule has 7 rings (SSSR count). The van der Waals surface area contributed by atoms with Gasteiger partial charge in [0, 0.05) is 23.7 Å². The van der Waals surface area contributed by atoms with Gasteiger partial charge in [-0.25, -0.2) is 4.98 Å². The molecule has 0 aromatic carbocycles. The van der Waals surface area contributed by atoms with E-state index in [1.807, 2.05) is 30.5 Å². The minimum Gasteiger partial charge on any atom is -0.375 e. The van der Waals surface area contributed by atoms with Gasteiger partial charge in [0.05, 0.1) is 36.0 Å². The third-order valence-corrected chi connectivity index (χ3v) is 14.1. The van der Waals surface area contributed by atoms with E-state index in [1.165, 1.54) is 5.57 Å². The normalized spacial score (nSPS) is 40.0. The first-order valence-electron chi connectivity index (χ1n) is 17.6. The second-order valence-electron chi connectivity index (χ2n) is 17.6. The van der Waals surface area contributed by atoms with Crippen LogP contribution in [-0.4, -0.2) is 39.4 Å². The highest BCUT2D eigenvalue weighted by Gasteiger charge is 2.70. The third kappa shape index (κ3) is 4.60. The van der Waals surface area contributed by atoms with Crippen LogP contribution < -0.4 is 0 Å². The van der Waals surface area contributed by atoms with Gasteiger partial charge in [0.2, 0.25) is 5.91 Å². The summed E-state index contributed by atoms with van der Waals surface area (Å²) in [4.78, 5) is 38.8. The first kappa shape index (κ1) is 32.2. The molecule has 3 fully saturated rings. The SMILES string of the molecule is CC1(C)CCC2(C(=O)n3cnc(-c4ccccn4)c3)CCC3(C)C(C(=O)C=C4C5(C)/C=C(/C#N)COCC(C)(C)C5CCC43C)C2C1. The average molecular weight is 635 g/mol. The van der Waals surface area contributed by atoms with Crippen LogP contribution in [0, 0.1) is 61.6 Å². The van der Waals surface area contributed by atoms with Crippen molar-refractivity contribution in [3.8, 4) is 17.5 Å². The van der Waals surface area contributed by atoms with Gasteiger partial charge in [0.15, 0.2) is 5.78 Å². The zero-order chi connectivity index (χ0) is 33.6. The molecule has 47 heavy (non-hydrogen) atoms. The summed E-state index contributed by atoms with van der Waals surface area (Å²) in [5.41, 5.74) is 1.53. The summed E-state index contributed by atoms with van der Waals surface area (Å²) in [7, 11) is 0. The van der Waals surface area contributed by atoms with E-state index in [2.05, 4.69) is 70.6 Å². The number of ketones is 1. The molecule has 0 radical (unpaired) electrons. The van der Waals surface area contributed by atoms with E-state index in [1.54, 1.807) is 17.1 Å². The summed E-state index contributed by atoms with van der Waals surface area (Å²) in [6, 6.07) is 8.12. The molecule has 0 saturated heterocycles. The van der Waals surface area contributed by atoms with Crippen molar-refractivity contribution in [2.45, 2.75) is 93.4 Å². The molecule has 7 atom stereocenters. The van der Waals surface area contributed by atoms with Gasteiger partial charge in [-0.3, -0.25) is 19.1 Å². The molecule has 7 nitrogen and oxygen atoms in total. The van der Waals surface area contributed by atoms with E-state index in [4.69, 9.17) is 4.74 Å². The molecule has 2 aromatic heterocycles. The Balaban J connectivity index is 1.34. The number of hydrogen-bond donors (Lipinski definition) is 0. The number of pyridine rings is 1. The Morgan fingerprint density at radius 2 is 1.77 bits per heavy atom. The van der Waals surface area contributed by atoms with Crippen LogP contribution in [-0.2, 0) is 9.53 Å². The van der Waals surface area contributed by atoms with Crippen LogP contribution in [0.15, 0.2) is 60.2 Å². The molecule has 4 aliphatic carbocycles. The summed E-state index contributed by atoms with van der Waals surface area (Å²) in [5.74, 6) is 0.152. The molecule has 248 valence electrons. The van der Waals surface area contributed by atoms with Crippen molar-refractivity contribution in [2.75, 3.05) is 13.2 Å². The zero-order valence-corrected chi connectivity index (χ0v) is 29.2. The van der Waals surface area contributed by atoms with Crippen LogP contribution >= 0.6 is 0 Å². The fraction of sp³-hybridized carbons (Fsp3) is 0.625. The lowest BCUT2D eigenvalue weighted by molar-refractivity contribution is -0.164. The number of fused-ring (bicyclic) bond motifs is 7. The summed E-state index contributed by atoms with van der Waals surface area (Å²) >= 11 is 0. The lowest BCUT2D eigenvalue weighted by Crippen LogP contribution is -2.65. The van der Waals surface area contributed by atoms with Gasteiger partial charge < -0.3 is 4.74 Å². The minimum atomic E-state index is -0.631. The smallest absolute Gasteiger partial charge is 0.238 e. The maximum atomic E-state index is 14.9. The maximum absolute atomic E-state index is 14.9. The number of rotatable bonds is 2. The number of carbonyl (C=O) groups excluding carboxylic acids is 2. The van der Waals surface area contributed by atoms with Gasteiger partial charge in [-0.05, 0) is 96.7 Å². The van der Waals surface area contributed by atoms with Crippen molar-refractivity contribution in [3.63, 3.8) is 0 Å². The van der Waals surface area contributed by atoms with E-state index >= 15 is 0 Å². The van der Waals surface area contributed by atoms with Crippen LogP contribution in [0.5, 0.6) is 0 Å². The van der Waals surface area contributed by atoms with Crippen LogP contribution in [0.2, 0.25) is 0 Å². The average Bonchev–Trinajstić information content (AvgIpc) is 3.51. The second-order valence-corrected chi connectivity index (χ2v) is 17.6. The number of allylic oxidation sites excluding steroid dienone is 3. The van der Waals surface area contributed by atoms with Crippen LogP contribution in [0.25, 0.3) is 11.4 Å². The minimum absolute atomic E-state index is 0.0313. The van der Waals surface area contributed by atoms with E-state index in [0.29, 0.717) is 24.5 Å². The molecule has 5 aliphatic rings. The molecule has 1 aliphatic heterocycles.